The zero-order chi connectivity index (χ0) is 13.8. The van der Waals surface area contributed by atoms with Gasteiger partial charge in [0.1, 0.15) is 5.75 Å². The van der Waals surface area contributed by atoms with Crippen molar-refractivity contribution in [2.45, 2.75) is 13.3 Å². The van der Waals surface area contributed by atoms with Crippen LogP contribution in [0.5, 0.6) is 5.75 Å². The van der Waals surface area contributed by atoms with Crippen molar-refractivity contribution in [3.63, 3.8) is 0 Å². The lowest BCUT2D eigenvalue weighted by Gasteiger charge is -2.05. The highest BCUT2D eigenvalue weighted by atomic mass is 35.5. The number of halogens is 2. The van der Waals surface area contributed by atoms with Crippen molar-refractivity contribution >= 4 is 40.3 Å². The smallest absolute Gasteiger partial charge is 0.210 e. The van der Waals surface area contributed by atoms with Crippen molar-refractivity contribution in [3.05, 3.63) is 50.1 Å². The maximum absolute atomic E-state index is 11.9. The van der Waals surface area contributed by atoms with E-state index in [1.165, 1.54) is 16.2 Å². The number of ketones is 1. The number of carbonyl (C=O) groups is 1. The van der Waals surface area contributed by atoms with Gasteiger partial charge >= 0.3 is 0 Å². The molecule has 0 N–H and O–H groups in total. The molecule has 2 aromatic rings. The number of ether oxygens (including phenoxy) is 1. The third-order valence-corrected chi connectivity index (χ3v) is 4.20. The minimum atomic E-state index is -0.0409. The SMILES string of the molecule is CCc1ccc(C(=O)COc2cc(Cl)cc(Cl)c2)s1. The van der Waals surface area contributed by atoms with Crippen LogP contribution in [0.1, 0.15) is 21.5 Å². The largest absolute Gasteiger partial charge is 0.485 e. The minimum Gasteiger partial charge on any atom is -0.485 e. The van der Waals surface area contributed by atoms with E-state index in [1.54, 1.807) is 18.2 Å². The normalized spacial score (nSPS) is 10.5. The summed E-state index contributed by atoms with van der Waals surface area (Å²) in [4.78, 5) is 13.8. The van der Waals surface area contributed by atoms with E-state index in [9.17, 15) is 4.79 Å². The summed E-state index contributed by atoms with van der Waals surface area (Å²) in [6.45, 7) is 2.05. The summed E-state index contributed by atoms with van der Waals surface area (Å²) in [6.07, 6.45) is 0.933. The molecular weight excluding hydrogens is 303 g/mol. The van der Waals surface area contributed by atoms with Gasteiger partial charge in [-0.3, -0.25) is 4.79 Å². The van der Waals surface area contributed by atoms with Gasteiger partial charge in [0.05, 0.1) is 4.88 Å². The standard InChI is InChI=1S/C14H12Cl2O2S/c1-2-12-3-4-14(19-12)13(17)8-18-11-6-9(15)5-10(16)7-11/h3-7H,2,8H2,1H3. The first-order chi connectivity index (χ1) is 9.08. The molecular formula is C14H12Cl2O2S. The Hall–Kier alpha value is -1.03. The van der Waals surface area contributed by atoms with Gasteiger partial charge in [-0.2, -0.15) is 0 Å². The number of rotatable bonds is 5. The van der Waals surface area contributed by atoms with Gasteiger partial charge in [-0.15, -0.1) is 11.3 Å². The van der Waals surface area contributed by atoms with Gasteiger partial charge in [-0.25, -0.2) is 0 Å². The number of thiophene rings is 1. The van der Waals surface area contributed by atoms with Crippen LogP contribution in [0.25, 0.3) is 0 Å². The number of benzene rings is 1. The quantitative estimate of drug-likeness (QED) is 0.735. The van der Waals surface area contributed by atoms with Crippen LogP contribution in [0.2, 0.25) is 10.0 Å². The Bertz CT molecular complexity index is 573. The van der Waals surface area contributed by atoms with Crippen molar-refractivity contribution in [1.82, 2.24) is 0 Å². The second kappa shape index (κ2) is 6.42. The van der Waals surface area contributed by atoms with Gasteiger partial charge in [-0.05, 0) is 36.8 Å². The summed E-state index contributed by atoms with van der Waals surface area (Å²) in [6, 6.07) is 8.68. The van der Waals surface area contributed by atoms with E-state index < -0.39 is 0 Å². The Morgan fingerprint density at radius 2 is 1.89 bits per heavy atom. The predicted molar refractivity (Wildman–Crippen MR) is 80.0 cm³/mol. The fourth-order valence-corrected chi connectivity index (χ4v) is 2.93. The molecule has 0 saturated carbocycles. The highest BCUT2D eigenvalue weighted by molar-refractivity contribution is 7.14. The van der Waals surface area contributed by atoms with E-state index in [1.807, 2.05) is 12.1 Å². The Balaban J connectivity index is 2.00. The molecule has 1 heterocycles. The van der Waals surface area contributed by atoms with Crippen molar-refractivity contribution in [3.8, 4) is 5.75 Å². The molecule has 19 heavy (non-hydrogen) atoms. The van der Waals surface area contributed by atoms with Crippen molar-refractivity contribution < 1.29 is 9.53 Å². The van der Waals surface area contributed by atoms with Crippen molar-refractivity contribution in [2.75, 3.05) is 6.61 Å². The van der Waals surface area contributed by atoms with Crippen molar-refractivity contribution in [2.24, 2.45) is 0 Å². The maximum Gasteiger partial charge on any atom is 0.210 e. The molecule has 2 nitrogen and oxygen atoms in total. The molecule has 0 aliphatic carbocycles. The summed E-state index contributed by atoms with van der Waals surface area (Å²) in [5.74, 6) is 0.457. The van der Waals surface area contributed by atoms with Gasteiger partial charge in [0.25, 0.3) is 0 Å². The fraction of sp³-hybridized carbons (Fsp3) is 0.214. The van der Waals surface area contributed by atoms with Crippen LogP contribution in [-0.2, 0) is 6.42 Å². The molecule has 1 aromatic heterocycles. The Kier molecular flexibility index (Phi) is 4.86. The molecule has 2 rings (SSSR count). The average molecular weight is 315 g/mol. The van der Waals surface area contributed by atoms with E-state index >= 15 is 0 Å². The van der Waals surface area contributed by atoms with Crippen LogP contribution >= 0.6 is 34.5 Å². The summed E-state index contributed by atoms with van der Waals surface area (Å²) in [5.41, 5.74) is 0. The second-order valence-corrected chi connectivity index (χ2v) is 5.98. The first-order valence-corrected chi connectivity index (χ1v) is 7.36. The summed E-state index contributed by atoms with van der Waals surface area (Å²) >= 11 is 13.2. The van der Waals surface area contributed by atoms with Crippen LogP contribution < -0.4 is 4.74 Å². The third-order valence-electron chi connectivity index (χ3n) is 2.49. The molecule has 100 valence electrons. The lowest BCUT2D eigenvalue weighted by Crippen LogP contribution is -2.10. The van der Waals surface area contributed by atoms with Crippen LogP contribution in [-0.4, -0.2) is 12.4 Å². The lowest BCUT2D eigenvalue weighted by atomic mass is 10.3. The van der Waals surface area contributed by atoms with Crippen molar-refractivity contribution in [1.29, 1.82) is 0 Å². The predicted octanol–water partition coefficient (Wildman–Crippen LogP) is 4.88. The van der Waals surface area contributed by atoms with Crippen LogP contribution in [0.3, 0.4) is 0 Å². The number of hydrogen-bond donors (Lipinski definition) is 0. The molecule has 0 aliphatic heterocycles. The molecule has 5 heteroatoms. The minimum absolute atomic E-state index is 0.0136. The van der Waals surface area contributed by atoms with Gasteiger partial charge < -0.3 is 4.74 Å². The van der Waals surface area contributed by atoms with Gasteiger partial charge in [-0.1, -0.05) is 30.1 Å². The van der Waals surface area contributed by atoms with Crippen LogP contribution in [0, 0.1) is 0 Å². The zero-order valence-corrected chi connectivity index (χ0v) is 12.6. The molecule has 0 atom stereocenters. The Morgan fingerprint density at radius 1 is 1.21 bits per heavy atom. The zero-order valence-electron chi connectivity index (χ0n) is 10.3. The average Bonchev–Trinajstić information content (AvgIpc) is 2.83. The van der Waals surface area contributed by atoms with Crippen LogP contribution in [0.4, 0.5) is 0 Å². The first-order valence-electron chi connectivity index (χ1n) is 5.79. The lowest BCUT2D eigenvalue weighted by molar-refractivity contribution is 0.0925. The highest BCUT2D eigenvalue weighted by Crippen LogP contribution is 2.24. The second-order valence-electron chi connectivity index (χ2n) is 3.94. The molecule has 0 bridgehead atoms. The van der Waals surface area contributed by atoms with E-state index in [4.69, 9.17) is 27.9 Å². The monoisotopic (exact) mass is 314 g/mol. The molecule has 0 fully saturated rings. The Morgan fingerprint density at radius 3 is 2.47 bits per heavy atom. The number of carbonyl (C=O) groups excluding carboxylic acids is 1. The van der Waals surface area contributed by atoms with E-state index in [-0.39, 0.29) is 12.4 Å². The summed E-state index contributed by atoms with van der Waals surface area (Å²) in [7, 11) is 0. The molecule has 0 unspecified atom stereocenters. The third kappa shape index (κ3) is 3.96. The van der Waals surface area contributed by atoms with E-state index in [2.05, 4.69) is 6.92 Å². The number of Topliss-reactive ketones (excluding diaryl/α,β-unsaturated/α-hetero) is 1. The fourth-order valence-electron chi connectivity index (χ4n) is 1.55. The van der Waals surface area contributed by atoms with E-state index in [0.717, 1.165) is 6.42 Å². The molecule has 0 saturated heterocycles. The Labute approximate surface area is 125 Å². The highest BCUT2D eigenvalue weighted by Gasteiger charge is 2.10. The van der Waals surface area contributed by atoms with E-state index in [0.29, 0.717) is 20.7 Å². The number of aryl methyl sites for hydroxylation is 1. The van der Waals surface area contributed by atoms with Gasteiger partial charge in [0.2, 0.25) is 5.78 Å². The molecule has 1 aromatic carbocycles. The van der Waals surface area contributed by atoms with Gasteiger partial charge in [0, 0.05) is 14.9 Å². The van der Waals surface area contributed by atoms with Crippen LogP contribution in [0.15, 0.2) is 30.3 Å². The first kappa shape index (κ1) is 14.4. The summed E-state index contributed by atoms with van der Waals surface area (Å²) < 4.78 is 5.41. The number of hydrogen-bond acceptors (Lipinski definition) is 3. The molecule has 0 radical (unpaired) electrons. The molecule has 0 spiro atoms. The molecule has 0 aliphatic rings. The molecule has 0 amide bonds. The topological polar surface area (TPSA) is 26.3 Å². The summed E-state index contributed by atoms with van der Waals surface area (Å²) in [5, 5.41) is 0.971. The maximum atomic E-state index is 11.9. The van der Waals surface area contributed by atoms with Gasteiger partial charge in [0.15, 0.2) is 6.61 Å².